The molecule has 86 valence electrons. The number of carbonyl (C=O) groups is 2. The highest BCUT2D eigenvalue weighted by Gasteiger charge is 2.12. The van der Waals surface area contributed by atoms with E-state index in [1.807, 2.05) is 30.3 Å². The van der Waals surface area contributed by atoms with Gasteiger partial charge >= 0.3 is 0 Å². The Hall–Kier alpha value is -1.88. The van der Waals surface area contributed by atoms with E-state index >= 15 is 0 Å². The standard InChI is InChI=1S/C11H14N2O3/c14-7-10(9-4-2-1-3-5-9)13-11(16)6-12-8-15/h1-5,8,10,14H,6-7H2,(H,12,15)(H,13,16). The van der Waals surface area contributed by atoms with Gasteiger partial charge in [-0.25, -0.2) is 0 Å². The summed E-state index contributed by atoms with van der Waals surface area (Å²) < 4.78 is 0. The molecule has 0 saturated carbocycles. The van der Waals surface area contributed by atoms with Gasteiger partial charge < -0.3 is 15.7 Å². The van der Waals surface area contributed by atoms with Crippen LogP contribution in [0.15, 0.2) is 30.3 Å². The number of aliphatic hydroxyl groups is 1. The Bertz CT molecular complexity index is 340. The summed E-state index contributed by atoms with van der Waals surface area (Å²) >= 11 is 0. The lowest BCUT2D eigenvalue weighted by Gasteiger charge is -2.16. The van der Waals surface area contributed by atoms with Crippen LogP contribution in [0.2, 0.25) is 0 Å². The molecule has 1 aromatic rings. The van der Waals surface area contributed by atoms with Gasteiger partial charge in [0.1, 0.15) is 0 Å². The molecular weight excluding hydrogens is 208 g/mol. The number of hydrogen-bond acceptors (Lipinski definition) is 3. The minimum absolute atomic E-state index is 0.0904. The van der Waals surface area contributed by atoms with Crippen molar-refractivity contribution in [3.63, 3.8) is 0 Å². The third kappa shape index (κ3) is 3.70. The number of amides is 2. The third-order valence-corrected chi connectivity index (χ3v) is 2.07. The first kappa shape index (κ1) is 12.2. The molecule has 2 amide bonds. The van der Waals surface area contributed by atoms with Gasteiger partial charge in [-0.3, -0.25) is 9.59 Å². The van der Waals surface area contributed by atoms with E-state index in [4.69, 9.17) is 5.11 Å². The van der Waals surface area contributed by atoms with Crippen LogP contribution in [0.4, 0.5) is 0 Å². The number of rotatable bonds is 6. The zero-order valence-electron chi connectivity index (χ0n) is 8.72. The van der Waals surface area contributed by atoms with E-state index in [9.17, 15) is 9.59 Å². The van der Waals surface area contributed by atoms with Crippen molar-refractivity contribution < 1.29 is 14.7 Å². The van der Waals surface area contributed by atoms with Crippen LogP contribution >= 0.6 is 0 Å². The van der Waals surface area contributed by atoms with Crippen molar-refractivity contribution in [2.24, 2.45) is 0 Å². The summed E-state index contributed by atoms with van der Waals surface area (Å²) in [5.41, 5.74) is 0.824. The molecule has 3 N–H and O–H groups in total. The Morgan fingerprint density at radius 3 is 2.62 bits per heavy atom. The van der Waals surface area contributed by atoms with Crippen molar-refractivity contribution in [3.8, 4) is 0 Å². The van der Waals surface area contributed by atoms with Crippen LogP contribution in [0.25, 0.3) is 0 Å². The number of aliphatic hydroxyl groups excluding tert-OH is 1. The number of hydrogen-bond donors (Lipinski definition) is 3. The largest absolute Gasteiger partial charge is 0.394 e. The van der Waals surface area contributed by atoms with Crippen LogP contribution in [0, 0.1) is 0 Å². The molecule has 5 nitrogen and oxygen atoms in total. The maximum absolute atomic E-state index is 11.3. The van der Waals surface area contributed by atoms with Gasteiger partial charge in [-0.2, -0.15) is 0 Å². The lowest BCUT2D eigenvalue weighted by Crippen LogP contribution is -2.37. The molecule has 0 spiro atoms. The first-order chi connectivity index (χ1) is 7.77. The molecule has 5 heteroatoms. The molecule has 0 heterocycles. The summed E-state index contributed by atoms with van der Waals surface area (Å²) in [5, 5.41) is 14.0. The van der Waals surface area contributed by atoms with E-state index < -0.39 is 6.04 Å². The molecule has 1 atom stereocenters. The van der Waals surface area contributed by atoms with Crippen molar-refractivity contribution in [1.29, 1.82) is 0 Å². The SMILES string of the molecule is O=CNCC(=O)NC(CO)c1ccccc1. The maximum Gasteiger partial charge on any atom is 0.239 e. The van der Waals surface area contributed by atoms with Crippen molar-refractivity contribution in [3.05, 3.63) is 35.9 Å². The van der Waals surface area contributed by atoms with Gasteiger partial charge in [-0.1, -0.05) is 30.3 Å². The fourth-order valence-corrected chi connectivity index (χ4v) is 1.30. The summed E-state index contributed by atoms with van der Waals surface area (Å²) in [4.78, 5) is 21.3. The van der Waals surface area contributed by atoms with Gasteiger partial charge in [0.2, 0.25) is 12.3 Å². The molecule has 0 bridgehead atoms. The lowest BCUT2D eigenvalue weighted by molar-refractivity contribution is -0.123. The van der Waals surface area contributed by atoms with E-state index in [2.05, 4.69) is 10.6 Å². The molecule has 0 aliphatic heterocycles. The zero-order chi connectivity index (χ0) is 11.8. The Kier molecular flexibility index (Phi) is 5.01. The fraction of sp³-hybridized carbons (Fsp3) is 0.273. The zero-order valence-corrected chi connectivity index (χ0v) is 8.72. The number of benzene rings is 1. The molecule has 0 aromatic heterocycles. The number of carbonyl (C=O) groups excluding carboxylic acids is 2. The topological polar surface area (TPSA) is 78.4 Å². The first-order valence-corrected chi connectivity index (χ1v) is 4.90. The Balaban J connectivity index is 2.55. The normalized spacial score (nSPS) is 11.6. The molecule has 0 aliphatic carbocycles. The van der Waals surface area contributed by atoms with E-state index in [0.29, 0.717) is 6.41 Å². The molecule has 0 saturated heterocycles. The smallest absolute Gasteiger partial charge is 0.239 e. The van der Waals surface area contributed by atoms with Crippen molar-refractivity contribution in [2.75, 3.05) is 13.2 Å². The first-order valence-electron chi connectivity index (χ1n) is 4.90. The Morgan fingerprint density at radius 1 is 1.38 bits per heavy atom. The molecule has 0 aliphatic rings. The Morgan fingerprint density at radius 2 is 2.06 bits per heavy atom. The summed E-state index contributed by atoms with van der Waals surface area (Å²) in [6, 6.07) is 8.69. The van der Waals surface area contributed by atoms with Crippen molar-refractivity contribution >= 4 is 12.3 Å². The minimum atomic E-state index is -0.442. The van der Waals surface area contributed by atoms with Crippen LogP contribution in [0.5, 0.6) is 0 Å². The van der Waals surface area contributed by atoms with E-state index in [0.717, 1.165) is 5.56 Å². The predicted octanol–water partition coefficient (Wildman–Crippen LogP) is -0.418. The highest BCUT2D eigenvalue weighted by atomic mass is 16.3. The lowest BCUT2D eigenvalue weighted by atomic mass is 10.1. The average molecular weight is 222 g/mol. The monoisotopic (exact) mass is 222 g/mol. The minimum Gasteiger partial charge on any atom is -0.394 e. The third-order valence-electron chi connectivity index (χ3n) is 2.07. The summed E-state index contributed by atoms with van der Waals surface area (Å²) in [6.45, 7) is -0.274. The van der Waals surface area contributed by atoms with E-state index in [-0.39, 0.29) is 19.1 Å². The molecule has 16 heavy (non-hydrogen) atoms. The van der Waals surface area contributed by atoms with Gasteiger partial charge in [0.15, 0.2) is 0 Å². The molecule has 1 rings (SSSR count). The highest BCUT2D eigenvalue weighted by molar-refractivity contribution is 5.80. The molecule has 1 unspecified atom stereocenters. The van der Waals surface area contributed by atoms with Crippen molar-refractivity contribution in [1.82, 2.24) is 10.6 Å². The van der Waals surface area contributed by atoms with Crippen LogP contribution in [-0.2, 0) is 9.59 Å². The Labute approximate surface area is 93.5 Å². The second kappa shape index (κ2) is 6.58. The van der Waals surface area contributed by atoms with Gasteiger partial charge in [-0.15, -0.1) is 0 Å². The predicted molar refractivity (Wildman–Crippen MR) is 58.5 cm³/mol. The molecule has 1 aromatic carbocycles. The summed E-state index contributed by atoms with van der Waals surface area (Å²) in [7, 11) is 0. The van der Waals surface area contributed by atoms with Gasteiger partial charge in [0.25, 0.3) is 0 Å². The fourth-order valence-electron chi connectivity index (χ4n) is 1.30. The van der Waals surface area contributed by atoms with Crippen LogP contribution in [-0.4, -0.2) is 30.6 Å². The number of nitrogens with one attached hydrogen (secondary N) is 2. The molecule has 0 fully saturated rings. The van der Waals surface area contributed by atoms with Crippen molar-refractivity contribution in [2.45, 2.75) is 6.04 Å². The van der Waals surface area contributed by atoms with Gasteiger partial charge in [-0.05, 0) is 5.56 Å². The summed E-state index contributed by atoms with van der Waals surface area (Å²) in [6.07, 6.45) is 0.454. The molecular formula is C11H14N2O3. The van der Waals surface area contributed by atoms with E-state index in [1.54, 1.807) is 0 Å². The van der Waals surface area contributed by atoms with Gasteiger partial charge in [0.05, 0.1) is 19.2 Å². The molecule has 0 radical (unpaired) electrons. The van der Waals surface area contributed by atoms with Crippen LogP contribution < -0.4 is 10.6 Å². The van der Waals surface area contributed by atoms with Crippen LogP contribution in [0.1, 0.15) is 11.6 Å². The van der Waals surface area contributed by atoms with E-state index in [1.165, 1.54) is 0 Å². The van der Waals surface area contributed by atoms with Crippen LogP contribution in [0.3, 0.4) is 0 Å². The maximum atomic E-state index is 11.3. The quantitative estimate of drug-likeness (QED) is 0.572. The van der Waals surface area contributed by atoms with Gasteiger partial charge in [0, 0.05) is 0 Å². The highest BCUT2D eigenvalue weighted by Crippen LogP contribution is 2.10. The average Bonchev–Trinajstić information content (AvgIpc) is 2.34. The second-order valence-corrected chi connectivity index (χ2v) is 3.21. The summed E-state index contributed by atoms with van der Waals surface area (Å²) in [5.74, 6) is -0.338. The second-order valence-electron chi connectivity index (χ2n) is 3.21.